The van der Waals surface area contributed by atoms with Crippen molar-refractivity contribution in [3.63, 3.8) is 0 Å². The van der Waals surface area contributed by atoms with Gasteiger partial charge in [-0.25, -0.2) is 0 Å². The number of tetrazole rings is 1. The van der Waals surface area contributed by atoms with Gasteiger partial charge in [-0.15, -0.1) is 10.2 Å². The fourth-order valence-corrected chi connectivity index (χ4v) is 3.56. The van der Waals surface area contributed by atoms with Gasteiger partial charge in [0, 0.05) is 0 Å². The molecule has 2 aromatic carbocycles. The molecule has 3 aromatic rings. The highest BCUT2D eigenvalue weighted by Crippen LogP contribution is 2.39. The van der Waals surface area contributed by atoms with Gasteiger partial charge in [-0.1, -0.05) is 56.2 Å². The Hall–Kier alpha value is -3.98. The number of aromatic amines is 1. The van der Waals surface area contributed by atoms with Crippen LogP contribution in [0.2, 0.25) is 0 Å². The zero-order valence-corrected chi connectivity index (χ0v) is 19.6. The number of hydrogen-bond donors (Lipinski definition) is 2. The van der Waals surface area contributed by atoms with E-state index in [-0.39, 0.29) is 24.0 Å². The minimum absolute atomic E-state index is 0.0178. The molecule has 0 amide bonds. The van der Waals surface area contributed by atoms with Gasteiger partial charge >= 0.3 is 0 Å². The van der Waals surface area contributed by atoms with E-state index in [2.05, 4.69) is 33.6 Å². The van der Waals surface area contributed by atoms with Crippen molar-refractivity contribution in [2.45, 2.75) is 38.3 Å². The van der Waals surface area contributed by atoms with Gasteiger partial charge in [0.25, 0.3) is 5.72 Å². The number of H-pyrrole nitrogens is 1. The molecule has 35 heavy (non-hydrogen) atoms. The van der Waals surface area contributed by atoms with Gasteiger partial charge in [-0.3, -0.25) is 10.5 Å². The predicted molar refractivity (Wildman–Crippen MR) is 131 cm³/mol. The molecular weight excluding hydrogens is 446 g/mol. The van der Waals surface area contributed by atoms with Gasteiger partial charge in [0.2, 0.25) is 5.82 Å². The Labute approximate surface area is 204 Å². The number of carbonyl (C=O) groups excluding carboxylic acids is 1. The van der Waals surface area contributed by atoms with Crippen molar-refractivity contribution >= 4 is 11.9 Å². The van der Waals surface area contributed by atoms with Crippen LogP contribution < -0.4 is 19.9 Å². The Bertz CT molecular complexity index is 1170. The summed E-state index contributed by atoms with van der Waals surface area (Å²) < 4.78 is 17.4. The van der Waals surface area contributed by atoms with Crippen LogP contribution in [0.15, 0.2) is 60.7 Å². The molecule has 4 rings (SSSR count). The topological polar surface area (TPSA) is 125 Å². The second-order valence-corrected chi connectivity index (χ2v) is 8.19. The lowest BCUT2D eigenvalue weighted by atomic mass is 10.1. The number of unbranched alkanes of at least 4 members (excludes halogenated alkanes) is 3. The van der Waals surface area contributed by atoms with E-state index >= 15 is 0 Å². The molecule has 2 heterocycles. The first kappa shape index (κ1) is 24.2. The lowest BCUT2D eigenvalue weighted by molar-refractivity contribution is -0.0154. The molecule has 1 aliphatic heterocycles. The number of rotatable bonds is 11. The van der Waals surface area contributed by atoms with Crippen molar-refractivity contribution in [2.24, 2.45) is 5.73 Å². The van der Waals surface area contributed by atoms with E-state index in [9.17, 15) is 4.79 Å². The Balaban J connectivity index is 1.37. The fourth-order valence-electron chi connectivity index (χ4n) is 3.56. The highest BCUT2D eigenvalue weighted by Gasteiger charge is 2.41. The minimum atomic E-state index is -1.46. The lowest BCUT2D eigenvalue weighted by Crippen LogP contribution is -2.51. The zero-order chi connectivity index (χ0) is 24.5. The van der Waals surface area contributed by atoms with Crippen molar-refractivity contribution in [1.29, 1.82) is 0 Å². The summed E-state index contributed by atoms with van der Waals surface area (Å²) in [6, 6.07) is 12.6. The molecule has 1 aromatic heterocycles. The maximum atomic E-state index is 13.0. The normalized spacial score (nSPS) is 17.2. The predicted octanol–water partition coefficient (Wildman–Crippen LogP) is 4.19. The summed E-state index contributed by atoms with van der Waals surface area (Å²) in [5.41, 5.74) is 6.01. The largest absolute Gasteiger partial charge is 0.490 e. The number of aromatic nitrogens is 4. The number of carbonyl (C=O) groups is 1. The first-order valence-corrected chi connectivity index (χ1v) is 11.7. The van der Waals surface area contributed by atoms with E-state index in [1.807, 2.05) is 30.3 Å². The standard InChI is InChI=1S/C26H29N5O4/c1-2-3-4-5-6-7-17-33-20-14-11-19(12-15-20)13-16-22(32)21-9-8-10-23-24(21)35-26(27,18-34-23)25-28-30-31-29-25/h6-16H,2-5,17-18,27H2,1H3,(H,28,29,30,31)/b7-6+,16-13?. The Kier molecular flexibility index (Phi) is 7.89. The first-order chi connectivity index (χ1) is 17.1. The summed E-state index contributed by atoms with van der Waals surface area (Å²) in [4.78, 5) is 13.0. The number of fused-ring (bicyclic) bond motifs is 1. The summed E-state index contributed by atoms with van der Waals surface area (Å²) in [6.45, 7) is 2.72. The summed E-state index contributed by atoms with van der Waals surface area (Å²) >= 11 is 0. The first-order valence-electron chi connectivity index (χ1n) is 11.7. The second-order valence-electron chi connectivity index (χ2n) is 8.19. The third kappa shape index (κ3) is 6.13. The van der Waals surface area contributed by atoms with Crippen LogP contribution in [-0.2, 0) is 5.72 Å². The molecule has 0 fully saturated rings. The third-order valence-electron chi connectivity index (χ3n) is 5.49. The van der Waals surface area contributed by atoms with Gasteiger partial charge in [-0.05, 0) is 54.0 Å². The monoisotopic (exact) mass is 475 g/mol. The zero-order valence-electron chi connectivity index (χ0n) is 19.6. The number of nitrogens with one attached hydrogen (secondary N) is 1. The van der Waals surface area contributed by atoms with E-state index < -0.39 is 5.72 Å². The SMILES string of the molecule is CCCCC/C=C/COc1ccc(C=CC(=O)c2cccc3c2OC(N)(c2nn[nH]n2)CO3)cc1. The maximum Gasteiger partial charge on any atom is 0.257 e. The average Bonchev–Trinajstić information content (AvgIpc) is 3.43. The molecule has 0 saturated heterocycles. The molecule has 0 spiro atoms. The highest BCUT2D eigenvalue weighted by molar-refractivity contribution is 6.09. The fraction of sp³-hybridized carbons (Fsp3) is 0.308. The van der Waals surface area contributed by atoms with Crippen LogP contribution in [0.25, 0.3) is 6.08 Å². The quantitative estimate of drug-likeness (QED) is 0.183. The van der Waals surface area contributed by atoms with Crippen molar-refractivity contribution in [2.75, 3.05) is 13.2 Å². The lowest BCUT2D eigenvalue weighted by Gasteiger charge is -2.33. The van der Waals surface area contributed by atoms with Crippen molar-refractivity contribution < 1.29 is 19.0 Å². The van der Waals surface area contributed by atoms with E-state index in [0.29, 0.717) is 17.9 Å². The van der Waals surface area contributed by atoms with E-state index in [0.717, 1.165) is 17.7 Å². The molecule has 0 saturated carbocycles. The molecule has 0 radical (unpaired) electrons. The number of benzene rings is 2. The van der Waals surface area contributed by atoms with E-state index in [1.165, 1.54) is 25.3 Å². The van der Waals surface area contributed by atoms with Crippen LogP contribution in [0.1, 0.15) is 54.4 Å². The van der Waals surface area contributed by atoms with Gasteiger partial charge < -0.3 is 14.2 Å². The van der Waals surface area contributed by atoms with Crippen LogP contribution in [0.5, 0.6) is 17.2 Å². The molecule has 1 atom stereocenters. The Morgan fingerprint density at radius 1 is 1.20 bits per heavy atom. The number of allylic oxidation sites excluding steroid dienone is 2. The third-order valence-corrected chi connectivity index (χ3v) is 5.49. The second kappa shape index (κ2) is 11.4. The van der Waals surface area contributed by atoms with Crippen LogP contribution in [-0.4, -0.2) is 39.6 Å². The van der Waals surface area contributed by atoms with Gasteiger partial charge in [0.15, 0.2) is 17.3 Å². The molecule has 9 nitrogen and oxygen atoms in total. The number of ether oxygens (including phenoxy) is 3. The van der Waals surface area contributed by atoms with Crippen molar-refractivity contribution in [1.82, 2.24) is 20.6 Å². The summed E-state index contributed by atoms with van der Waals surface area (Å²) in [5, 5.41) is 13.6. The Morgan fingerprint density at radius 3 is 2.83 bits per heavy atom. The molecule has 1 aliphatic rings. The van der Waals surface area contributed by atoms with Crippen molar-refractivity contribution in [3.05, 3.63) is 77.6 Å². The number of nitrogens with zero attached hydrogens (tertiary/aromatic N) is 3. The molecule has 182 valence electrons. The van der Waals surface area contributed by atoms with Crippen LogP contribution in [0.3, 0.4) is 0 Å². The highest BCUT2D eigenvalue weighted by atomic mass is 16.6. The van der Waals surface area contributed by atoms with Gasteiger partial charge in [0.1, 0.15) is 19.0 Å². The average molecular weight is 476 g/mol. The van der Waals surface area contributed by atoms with Crippen molar-refractivity contribution in [3.8, 4) is 17.2 Å². The van der Waals surface area contributed by atoms with Crippen LogP contribution in [0, 0.1) is 0 Å². The maximum absolute atomic E-state index is 13.0. The number of para-hydroxylation sites is 1. The van der Waals surface area contributed by atoms with Crippen LogP contribution in [0.4, 0.5) is 0 Å². The summed E-state index contributed by atoms with van der Waals surface area (Å²) in [6.07, 6.45) is 12.2. The Morgan fingerprint density at radius 2 is 2.06 bits per heavy atom. The van der Waals surface area contributed by atoms with E-state index in [1.54, 1.807) is 24.3 Å². The number of hydrogen-bond acceptors (Lipinski definition) is 8. The van der Waals surface area contributed by atoms with E-state index in [4.69, 9.17) is 19.9 Å². The van der Waals surface area contributed by atoms with Gasteiger partial charge in [0.05, 0.1) is 5.56 Å². The molecular formula is C26H29N5O4. The molecule has 0 bridgehead atoms. The smallest absolute Gasteiger partial charge is 0.257 e. The van der Waals surface area contributed by atoms with Gasteiger partial charge in [-0.2, -0.15) is 5.21 Å². The number of ketones is 1. The molecule has 1 unspecified atom stereocenters. The summed E-state index contributed by atoms with van der Waals surface area (Å²) in [7, 11) is 0. The molecule has 9 heteroatoms. The minimum Gasteiger partial charge on any atom is -0.490 e. The summed E-state index contributed by atoms with van der Waals surface area (Å²) in [5.74, 6) is 1.32. The molecule has 3 N–H and O–H groups in total. The van der Waals surface area contributed by atoms with Crippen LogP contribution >= 0.6 is 0 Å². The number of nitrogens with two attached hydrogens (primary N) is 1. The molecule has 0 aliphatic carbocycles.